The standard InChI is InChI=1S/C18H29N3O2S/c19-24(22,23)17-3-1-15(2-4-17)7-12-21-16-5-8-18(9-6-16)10-13-20-14-11-18/h1-4,16,20-21H,5-14H2,(H2,19,22,23). The van der Waals surface area contributed by atoms with Crippen LogP contribution in [0.2, 0.25) is 0 Å². The third-order valence-electron chi connectivity index (χ3n) is 5.81. The van der Waals surface area contributed by atoms with E-state index >= 15 is 0 Å². The highest BCUT2D eigenvalue weighted by molar-refractivity contribution is 7.89. The zero-order valence-electron chi connectivity index (χ0n) is 14.3. The van der Waals surface area contributed by atoms with Gasteiger partial charge in [-0.1, -0.05) is 12.1 Å². The SMILES string of the molecule is NS(=O)(=O)c1ccc(CCNC2CCC3(CCNCC3)CC2)cc1. The molecule has 0 bridgehead atoms. The molecule has 3 rings (SSSR count). The number of hydrogen-bond donors (Lipinski definition) is 3. The monoisotopic (exact) mass is 351 g/mol. The van der Waals surface area contributed by atoms with Gasteiger partial charge in [0.05, 0.1) is 4.90 Å². The molecule has 0 amide bonds. The maximum atomic E-state index is 11.3. The molecule has 1 aromatic carbocycles. The summed E-state index contributed by atoms with van der Waals surface area (Å²) in [4.78, 5) is 0.179. The maximum Gasteiger partial charge on any atom is 0.238 e. The number of piperidine rings is 1. The minimum absolute atomic E-state index is 0.179. The van der Waals surface area contributed by atoms with Crippen LogP contribution in [0.5, 0.6) is 0 Å². The molecule has 1 aliphatic carbocycles. The third kappa shape index (κ3) is 4.57. The van der Waals surface area contributed by atoms with Gasteiger partial charge >= 0.3 is 0 Å². The number of hydrogen-bond acceptors (Lipinski definition) is 4. The van der Waals surface area contributed by atoms with Crippen LogP contribution in [0.1, 0.15) is 44.1 Å². The van der Waals surface area contributed by atoms with Crippen LogP contribution in [0, 0.1) is 5.41 Å². The van der Waals surface area contributed by atoms with Crippen molar-refractivity contribution >= 4 is 10.0 Å². The summed E-state index contributed by atoms with van der Waals surface area (Å²) in [5, 5.41) is 12.3. The molecule has 1 aromatic rings. The summed E-state index contributed by atoms with van der Waals surface area (Å²) in [7, 11) is -3.59. The Bertz CT molecular complexity index is 627. The number of nitrogens with two attached hydrogens (primary N) is 1. The van der Waals surface area contributed by atoms with E-state index in [-0.39, 0.29) is 4.90 Å². The molecule has 1 spiro atoms. The first-order valence-corrected chi connectivity index (χ1v) is 10.6. The summed E-state index contributed by atoms with van der Waals surface area (Å²) in [6.45, 7) is 3.31. The minimum Gasteiger partial charge on any atom is -0.317 e. The Labute approximate surface area is 145 Å². The van der Waals surface area contributed by atoms with E-state index in [4.69, 9.17) is 5.14 Å². The fourth-order valence-corrected chi connectivity index (χ4v) is 4.67. The van der Waals surface area contributed by atoms with E-state index in [1.54, 1.807) is 12.1 Å². The molecule has 1 saturated heterocycles. The Balaban J connectivity index is 1.41. The zero-order valence-corrected chi connectivity index (χ0v) is 15.1. The zero-order chi connectivity index (χ0) is 17.0. The highest BCUT2D eigenvalue weighted by atomic mass is 32.2. The van der Waals surface area contributed by atoms with E-state index in [9.17, 15) is 8.42 Å². The molecular formula is C18H29N3O2S. The number of rotatable bonds is 5. The summed E-state index contributed by atoms with van der Waals surface area (Å²) in [6, 6.07) is 7.52. The lowest BCUT2D eigenvalue weighted by atomic mass is 9.67. The lowest BCUT2D eigenvalue weighted by molar-refractivity contribution is 0.116. The summed E-state index contributed by atoms with van der Waals surface area (Å²) in [6.07, 6.45) is 8.88. The molecule has 6 heteroatoms. The van der Waals surface area contributed by atoms with Crippen molar-refractivity contribution in [2.75, 3.05) is 19.6 Å². The van der Waals surface area contributed by atoms with Gasteiger partial charge in [-0.3, -0.25) is 0 Å². The van der Waals surface area contributed by atoms with E-state index < -0.39 is 10.0 Å². The fourth-order valence-electron chi connectivity index (χ4n) is 4.16. The van der Waals surface area contributed by atoms with Crippen molar-refractivity contribution in [2.24, 2.45) is 10.6 Å². The van der Waals surface area contributed by atoms with Crippen LogP contribution in [0.25, 0.3) is 0 Å². The van der Waals surface area contributed by atoms with Crippen LogP contribution in [0.3, 0.4) is 0 Å². The first-order chi connectivity index (χ1) is 11.5. The van der Waals surface area contributed by atoms with E-state index in [1.807, 2.05) is 12.1 Å². The largest absolute Gasteiger partial charge is 0.317 e. The molecule has 4 N–H and O–H groups in total. The second-order valence-electron chi connectivity index (χ2n) is 7.42. The predicted molar refractivity (Wildman–Crippen MR) is 96.3 cm³/mol. The van der Waals surface area contributed by atoms with Gasteiger partial charge in [0.15, 0.2) is 0 Å². The van der Waals surface area contributed by atoms with Crippen LogP contribution in [-0.2, 0) is 16.4 Å². The number of sulfonamides is 1. The molecule has 0 aromatic heterocycles. The van der Waals surface area contributed by atoms with E-state index in [0.717, 1.165) is 18.5 Å². The van der Waals surface area contributed by atoms with Crippen LogP contribution < -0.4 is 15.8 Å². The molecule has 2 fully saturated rings. The van der Waals surface area contributed by atoms with Crippen molar-refractivity contribution in [3.63, 3.8) is 0 Å². The second kappa shape index (κ2) is 7.52. The lowest BCUT2D eigenvalue weighted by Crippen LogP contribution is -2.43. The van der Waals surface area contributed by atoms with Gasteiger partial charge in [-0.05, 0) is 87.7 Å². The molecule has 2 aliphatic rings. The maximum absolute atomic E-state index is 11.3. The normalized spacial score (nSPS) is 21.9. The van der Waals surface area contributed by atoms with Crippen LogP contribution in [0.15, 0.2) is 29.2 Å². The highest BCUT2D eigenvalue weighted by Crippen LogP contribution is 2.43. The predicted octanol–water partition coefficient (Wildman–Crippen LogP) is 1.78. The van der Waals surface area contributed by atoms with E-state index in [2.05, 4.69) is 10.6 Å². The van der Waals surface area contributed by atoms with Gasteiger partial charge in [0.2, 0.25) is 10.0 Å². The summed E-state index contributed by atoms with van der Waals surface area (Å²) in [5.41, 5.74) is 1.76. The first-order valence-electron chi connectivity index (χ1n) is 9.03. The van der Waals surface area contributed by atoms with Crippen molar-refractivity contribution < 1.29 is 8.42 Å². The Hall–Kier alpha value is -0.950. The second-order valence-corrected chi connectivity index (χ2v) is 8.98. The topological polar surface area (TPSA) is 84.2 Å². The van der Waals surface area contributed by atoms with Gasteiger partial charge in [0, 0.05) is 6.04 Å². The quantitative estimate of drug-likeness (QED) is 0.755. The Morgan fingerprint density at radius 3 is 2.29 bits per heavy atom. The van der Waals surface area contributed by atoms with E-state index in [0.29, 0.717) is 11.5 Å². The van der Waals surface area contributed by atoms with Gasteiger partial charge in [0.25, 0.3) is 0 Å². The Morgan fingerprint density at radius 2 is 1.71 bits per heavy atom. The molecule has 5 nitrogen and oxygen atoms in total. The minimum atomic E-state index is -3.59. The van der Waals surface area contributed by atoms with Gasteiger partial charge in [-0.25, -0.2) is 13.6 Å². The first kappa shape index (κ1) is 17.9. The van der Waals surface area contributed by atoms with Crippen molar-refractivity contribution in [3.05, 3.63) is 29.8 Å². The number of nitrogens with one attached hydrogen (secondary N) is 2. The smallest absolute Gasteiger partial charge is 0.238 e. The number of primary sulfonamides is 1. The highest BCUT2D eigenvalue weighted by Gasteiger charge is 2.35. The van der Waals surface area contributed by atoms with Gasteiger partial charge in [0.1, 0.15) is 0 Å². The van der Waals surface area contributed by atoms with Crippen LogP contribution in [-0.4, -0.2) is 34.1 Å². The van der Waals surface area contributed by atoms with Gasteiger partial charge in [-0.2, -0.15) is 0 Å². The van der Waals surface area contributed by atoms with Crippen molar-refractivity contribution in [1.29, 1.82) is 0 Å². The molecule has 1 saturated carbocycles. The van der Waals surface area contributed by atoms with Gasteiger partial charge in [-0.15, -0.1) is 0 Å². The Morgan fingerprint density at radius 1 is 1.08 bits per heavy atom. The fraction of sp³-hybridized carbons (Fsp3) is 0.667. The van der Waals surface area contributed by atoms with Crippen LogP contribution >= 0.6 is 0 Å². The average molecular weight is 352 g/mol. The molecule has 0 atom stereocenters. The molecule has 134 valence electrons. The molecule has 1 heterocycles. The third-order valence-corrected chi connectivity index (χ3v) is 6.74. The summed E-state index contributed by atoms with van der Waals surface area (Å²) in [5.74, 6) is 0. The van der Waals surface area contributed by atoms with Crippen molar-refractivity contribution in [1.82, 2.24) is 10.6 Å². The lowest BCUT2D eigenvalue weighted by Gasteiger charge is -2.43. The molecule has 24 heavy (non-hydrogen) atoms. The molecule has 1 aliphatic heterocycles. The Kier molecular flexibility index (Phi) is 5.59. The average Bonchev–Trinajstić information content (AvgIpc) is 2.57. The molecule has 0 unspecified atom stereocenters. The molecule has 0 radical (unpaired) electrons. The van der Waals surface area contributed by atoms with Crippen molar-refractivity contribution in [3.8, 4) is 0 Å². The summed E-state index contributed by atoms with van der Waals surface area (Å²) < 4.78 is 22.5. The van der Waals surface area contributed by atoms with Crippen molar-refractivity contribution in [2.45, 2.75) is 55.9 Å². The van der Waals surface area contributed by atoms with Gasteiger partial charge < -0.3 is 10.6 Å². The van der Waals surface area contributed by atoms with Crippen LogP contribution in [0.4, 0.5) is 0 Å². The van der Waals surface area contributed by atoms with E-state index in [1.165, 1.54) is 51.6 Å². The molecular weight excluding hydrogens is 322 g/mol. The number of benzene rings is 1. The summed E-state index contributed by atoms with van der Waals surface area (Å²) >= 11 is 0.